The molecule has 0 saturated carbocycles. The second kappa shape index (κ2) is 11.9. The first-order valence-electron chi connectivity index (χ1n) is 17.1. The molecule has 240 valence electrons. The average molecular weight is 655 g/mol. The van der Waals surface area contributed by atoms with Crippen LogP contribution in [0.15, 0.2) is 191 Å². The van der Waals surface area contributed by atoms with Crippen molar-refractivity contribution in [3.63, 3.8) is 0 Å². The third-order valence-electron chi connectivity index (χ3n) is 9.69. The van der Waals surface area contributed by atoms with Crippen LogP contribution in [0.4, 0.5) is 17.1 Å². The molecule has 0 saturated heterocycles. The van der Waals surface area contributed by atoms with E-state index in [1.165, 1.54) is 16.3 Å². The lowest BCUT2D eigenvalue weighted by molar-refractivity contribution is 0.620. The van der Waals surface area contributed by atoms with Gasteiger partial charge in [0.15, 0.2) is 5.58 Å². The molecule has 0 amide bonds. The van der Waals surface area contributed by atoms with Gasteiger partial charge in [0, 0.05) is 22.3 Å². The van der Waals surface area contributed by atoms with E-state index in [1.54, 1.807) is 0 Å². The Hall–Kier alpha value is -6.91. The van der Waals surface area contributed by atoms with Gasteiger partial charge >= 0.3 is 0 Å². The Morgan fingerprint density at radius 3 is 1.90 bits per heavy atom. The van der Waals surface area contributed by atoms with Crippen molar-refractivity contribution in [2.75, 3.05) is 4.90 Å². The Morgan fingerprint density at radius 1 is 0.392 bits per heavy atom. The topological polar surface area (TPSA) is 42.4 Å². The van der Waals surface area contributed by atoms with Crippen LogP contribution in [0.1, 0.15) is 0 Å². The van der Waals surface area contributed by atoms with Crippen LogP contribution in [-0.4, -0.2) is 4.98 Å². The number of nitrogens with zero attached hydrogens (tertiary/aromatic N) is 2. The standard InChI is InChI=1S/C47H30N2O2/c1-2-11-31(12-3-1)35-15-8-16-38(30-35)49(37-27-25-33(26-28-37)36-24-23-32-13-4-5-14-34(32)29-36)41-19-10-22-44-46(41)45-39(17-9-21-43(45)50-44)47-48-40-18-6-7-20-42(40)51-47/h1-30H. The molecule has 0 bridgehead atoms. The van der Waals surface area contributed by atoms with Gasteiger partial charge in [0.1, 0.15) is 16.7 Å². The summed E-state index contributed by atoms with van der Waals surface area (Å²) in [6.07, 6.45) is 0. The van der Waals surface area contributed by atoms with Crippen molar-refractivity contribution >= 4 is 60.9 Å². The summed E-state index contributed by atoms with van der Waals surface area (Å²) < 4.78 is 12.9. The van der Waals surface area contributed by atoms with E-state index in [9.17, 15) is 0 Å². The minimum atomic E-state index is 0.566. The fraction of sp³-hybridized carbons (Fsp3) is 0. The van der Waals surface area contributed by atoms with Crippen molar-refractivity contribution in [2.45, 2.75) is 0 Å². The van der Waals surface area contributed by atoms with Crippen LogP contribution in [0.2, 0.25) is 0 Å². The van der Waals surface area contributed by atoms with Crippen LogP contribution >= 0.6 is 0 Å². The average Bonchev–Trinajstić information content (AvgIpc) is 3.81. The maximum Gasteiger partial charge on any atom is 0.228 e. The smallest absolute Gasteiger partial charge is 0.228 e. The van der Waals surface area contributed by atoms with Crippen LogP contribution in [-0.2, 0) is 0 Å². The number of hydrogen-bond donors (Lipinski definition) is 0. The molecule has 0 aliphatic heterocycles. The lowest BCUT2D eigenvalue weighted by atomic mass is 10.00. The number of rotatable bonds is 6. The summed E-state index contributed by atoms with van der Waals surface area (Å²) in [5.74, 6) is 0.566. The number of para-hydroxylation sites is 2. The molecule has 10 aromatic rings. The molecule has 10 rings (SSSR count). The van der Waals surface area contributed by atoms with Gasteiger partial charge in [-0.05, 0) is 99.8 Å². The molecule has 0 radical (unpaired) electrons. The molecule has 2 heterocycles. The SMILES string of the molecule is c1ccc(-c2cccc(N(c3ccc(-c4ccc5ccccc5c4)cc3)c3cccc4oc5cccc(-c6nc7ccccc7o6)c5c34)c2)cc1. The molecule has 0 N–H and O–H groups in total. The van der Waals surface area contributed by atoms with Crippen molar-refractivity contribution in [3.05, 3.63) is 182 Å². The number of benzene rings is 8. The summed E-state index contributed by atoms with van der Waals surface area (Å²) in [6, 6.07) is 63.5. The highest BCUT2D eigenvalue weighted by atomic mass is 16.3. The van der Waals surface area contributed by atoms with Crippen molar-refractivity contribution in [1.29, 1.82) is 0 Å². The zero-order chi connectivity index (χ0) is 33.7. The molecule has 0 unspecified atom stereocenters. The van der Waals surface area contributed by atoms with Crippen molar-refractivity contribution in [1.82, 2.24) is 4.98 Å². The molecule has 4 nitrogen and oxygen atoms in total. The summed E-state index contributed by atoms with van der Waals surface area (Å²) in [4.78, 5) is 7.22. The number of aromatic nitrogens is 1. The monoisotopic (exact) mass is 654 g/mol. The first-order valence-corrected chi connectivity index (χ1v) is 17.1. The van der Waals surface area contributed by atoms with Gasteiger partial charge in [-0.1, -0.05) is 115 Å². The molecule has 51 heavy (non-hydrogen) atoms. The molecule has 4 heteroatoms. The van der Waals surface area contributed by atoms with Crippen LogP contribution in [0.25, 0.3) is 77.5 Å². The second-order valence-corrected chi connectivity index (χ2v) is 12.8. The predicted molar refractivity (Wildman–Crippen MR) is 210 cm³/mol. The Balaban J connectivity index is 1.18. The lowest BCUT2D eigenvalue weighted by Crippen LogP contribution is -2.10. The van der Waals surface area contributed by atoms with Gasteiger partial charge in [-0.15, -0.1) is 0 Å². The van der Waals surface area contributed by atoms with Crippen LogP contribution in [0, 0.1) is 0 Å². The van der Waals surface area contributed by atoms with E-state index >= 15 is 0 Å². The maximum atomic E-state index is 6.56. The van der Waals surface area contributed by atoms with Crippen molar-refractivity contribution in [3.8, 4) is 33.7 Å². The Bertz CT molecular complexity index is 2830. The molecular formula is C47H30N2O2. The molecule has 8 aromatic carbocycles. The van der Waals surface area contributed by atoms with E-state index in [4.69, 9.17) is 13.8 Å². The Morgan fingerprint density at radius 2 is 1.04 bits per heavy atom. The quantitative estimate of drug-likeness (QED) is 0.179. The molecule has 0 atom stereocenters. The van der Waals surface area contributed by atoms with Crippen LogP contribution in [0.5, 0.6) is 0 Å². The van der Waals surface area contributed by atoms with Gasteiger partial charge in [-0.2, -0.15) is 0 Å². The van der Waals surface area contributed by atoms with Gasteiger partial charge in [-0.3, -0.25) is 0 Å². The van der Waals surface area contributed by atoms with Crippen molar-refractivity contribution < 1.29 is 8.83 Å². The van der Waals surface area contributed by atoms with E-state index < -0.39 is 0 Å². The van der Waals surface area contributed by atoms with Gasteiger partial charge in [0.2, 0.25) is 5.89 Å². The number of anilines is 3. The Labute approximate surface area is 294 Å². The fourth-order valence-electron chi connectivity index (χ4n) is 7.25. The molecule has 2 aromatic heterocycles. The lowest BCUT2D eigenvalue weighted by Gasteiger charge is -2.27. The summed E-state index contributed by atoms with van der Waals surface area (Å²) in [5.41, 5.74) is 11.8. The van der Waals surface area contributed by atoms with Crippen molar-refractivity contribution in [2.24, 2.45) is 0 Å². The minimum Gasteiger partial charge on any atom is -0.456 e. The minimum absolute atomic E-state index is 0.566. The third-order valence-corrected chi connectivity index (χ3v) is 9.69. The predicted octanol–water partition coefficient (Wildman–Crippen LogP) is 13.4. The number of furan rings is 1. The normalized spacial score (nSPS) is 11.5. The number of hydrogen-bond acceptors (Lipinski definition) is 4. The molecule has 0 fully saturated rings. The van der Waals surface area contributed by atoms with E-state index in [0.29, 0.717) is 5.89 Å². The molecular weight excluding hydrogens is 625 g/mol. The zero-order valence-corrected chi connectivity index (χ0v) is 27.5. The van der Waals surface area contributed by atoms with Crippen LogP contribution < -0.4 is 4.90 Å². The number of oxazole rings is 1. The molecule has 0 aliphatic rings. The highest BCUT2D eigenvalue weighted by molar-refractivity contribution is 6.18. The van der Waals surface area contributed by atoms with Gasteiger partial charge in [0.05, 0.1) is 11.1 Å². The highest BCUT2D eigenvalue weighted by Crippen LogP contribution is 2.46. The van der Waals surface area contributed by atoms with Gasteiger partial charge in [0.25, 0.3) is 0 Å². The summed E-state index contributed by atoms with van der Waals surface area (Å²) in [5, 5.41) is 4.42. The fourth-order valence-corrected chi connectivity index (χ4v) is 7.25. The third kappa shape index (κ3) is 5.04. The maximum absolute atomic E-state index is 6.56. The first kappa shape index (κ1) is 29.0. The van der Waals surface area contributed by atoms with Gasteiger partial charge < -0.3 is 13.7 Å². The van der Waals surface area contributed by atoms with Crippen LogP contribution in [0.3, 0.4) is 0 Å². The summed E-state index contributed by atoms with van der Waals surface area (Å²) >= 11 is 0. The molecule has 0 spiro atoms. The summed E-state index contributed by atoms with van der Waals surface area (Å²) in [7, 11) is 0. The molecule has 0 aliphatic carbocycles. The number of fused-ring (bicyclic) bond motifs is 5. The van der Waals surface area contributed by atoms with E-state index in [-0.39, 0.29) is 0 Å². The largest absolute Gasteiger partial charge is 0.456 e. The van der Waals surface area contributed by atoms with E-state index in [2.05, 4.69) is 144 Å². The second-order valence-electron chi connectivity index (χ2n) is 12.8. The highest BCUT2D eigenvalue weighted by Gasteiger charge is 2.23. The Kier molecular flexibility index (Phi) is 6.78. The van der Waals surface area contributed by atoms with Gasteiger partial charge in [-0.25, -0.2) is 4.98 Å². The van der Waals surface area contributed by atoms with E-state index in [0.717, 1.165) is 72.4 Å². The first-order chi connectivity index (χ1) is 25.3. The van der Waals surface area contributed by atoms with E-state index in [1.807, 2.05) is 42.5 Å². The zero-order valence-electron chi connectivity index (χ0n) is 27.5. The summed E-state index contributed by atoms with van der Waals surface area (Å²) in [6.45, 7) is 0.